The molecule has 0 spiro atoms. The Kier molecular flexibility index (Phi) is 2.98. The molecule has 80 valence electrons. The zero-order valence-corrected chi connectivity index (χ0v) is 8.46. The lowest BCUT2D eigenvalue weighted by atomic mass is 9.79. The van der Waals surface area contributed by atoms with E-state index >= 15 is 0 Å². The van der Waals surface area contributed by atoms with E-state index in [1.807, 2.05) is 6.92 Å². The van der Waals surface area contributed by atoms with Crippen molar-refractivity contribution in [2.75, 3.05) is 0 Å². The minimum absolute atomic E-state index is 0.137. The Morgan fingerprint density at radius 3 is 2.36 bits per heavy atom. The second-order valence-corrected chi connectivity index (χ2v) is 4.07. The van der Waals surface area contributed by atoms with Crippen molar-refractivity contribution in [1.82, 2.24) is 10.6 Å². The molecule has 1 aliphatic carbocycles. The largest absolute Gasteiger partial charge is 0.480 e. The lowest BCUT2D eigenvalue weighted by Crippen LogP contribution is -2.56. The van der Waals surface area contributed by atoms with Crippen LogP contribution in [0.4, 0.5) is 4.79 Å². The zero-order chi connectivity index (χ0) is 10.8. The van der Waals surface area contributed by atoms with Crippen molar-refractivity contribution in [2.24, 2.45) is 0 Å². The maximum absolute atomic E-state index is 11.3. The van der Waals surface area contributed by atoms with Gasteiger partial charge >= 0.3 is 12.0 Å². The van der Waals surface area contributed by atoms with Gasteiger partial charge in [0, 0.05) is 5.54 Å². The first-order valence-electron chi connectivity index (χ1n) is 4.74. The van der Waals surface area contributed by atoms with Crippen molar-refractivity contribution in [3.05, 3.63) is 0 Å². The Bertz CT molecular complexity index is 248. The number of amides is 2. The number of rotatable bonds is 3. The van der Waals surface area contributed by atoms with Crippen molar-refractivity contribution < 1.29 is 14.7 Å². The van der Waals surface area contributed by atoms with Crippen LogP contribution in [0.25, 0.3) is 0 Å². The van der Waals surface area contributed by atoms with Gasteiger partial charge in [0.05, 0.1) is 0 Å². The molecule has 1 aliphatic rings. The van der Waals surface area contributed by atoms with Crippen molar-refractivity contribution in [2.45, 2.75) is 44.7 Å². The first-order valence-corrected chi connectivity index (χ1v) is 4.74. The van der Waals surface area contributed by atoms with Gasteiger partial charge in [-0.25, -0.2) is 4.79 Å². The van der Waals surface area contributed by atoms with E-state index < -0.39 is 18.0 Å². The third-order valence-corrected chi connectivity index (χ3v) is 2.59. The van der Waals surface area contributed by atoms with Gasteiger partial charge in [0.1, 0.15) is 6.04 Å². The summed E-state index contributed by atoms with van der Waals surface area (Å²) in [7, 11) is 0. The lowest BCUT2D eigenvalue weighted by Gasteiger charge is -2.39. The highest BCUT2D eigenvalue weighted by atomic mass is 16.4. The average Bonchev–Trinajstić information content (AvgIpc) is 2.00. The number of hydrogen-bond donors (Lipinski definition) is 3. The lowest BCUT2D eigenvalue weighted by molar-refractivity contribution is -0.138. The van der Waals surface area contributed by atoms with Gasteiger partial charge in [0.25, 0.3) is 0 Å². The highest BCUT2D eigenvalue weighted by molar-refractivity contribution is 5.82. The Balaban J connectivity index is 2.32. The molecule has 0 unspecified atom stereocenters. The standard InChI is InChI=1S/C9H16N2O3/c1-6(7(12)13)10-8(14)11-9(2)4-3-5-9/h6H,3-5H2,1-2H3,(H,12,13)(H2,10,11,14)/t6-/m1/s1. The number of carboxylic acid groups (broad SMARTS) is 1. The maximum atomic E-state index is 11.3. The molecule has 0 heterocycles. The first kappa shape index (κ1) is 10.8. The molecule has 1 saturated carbocycles. The molecule has 5 heteroatoms. The molecule has 5 nitrogen and oxygen atoms in total. The summed E-state index contributed by atoms with van der Waals surface area (Å²) in [5, 5.41) is 13.7. The Morgan fingerprint density at radius 2 is 2.00 bits per heavy atom. The van der Waals surface area contributed by atoms with Crippen LogP contribution in [0, 0.1) is 0 Å². The van der Waals surface area contributed by atoms with Gasteiger partial charge in [-0.2, -0.15) is 0 Å². The molecule has 14 heavy (non-hydrogen) atoms. The molecule has 1 fully saturated rings. The first-order chi connectivity index (χ1) is 6.43. The molecular formula is C9H16N2O3. The zero-order valence-electron chi connectivity index (χ0n) is 8.46. The van der Waals surface area contributed by atoms with E-state index in [1.165, 1.54) is 6.92 Å². The number of nitrogens with one attached hydrogen (secondary N) is 2. The number of hydrogen-bond acceptors (Lipinski definition) is 2. The molecule has 0 bridgehead atoms. The maximum Gasteiger partial charge on any atom is 0.325 e. The van der Waals surface area contributed by atoms with Gasteiger partial charge in [0.15, 0.2) is 0 Å². The summed E-state index contributed by atoms with van der Waals surface area (Å²) in [6.07, 6.45) is 3.04. The smallest absolute Gasteiger partial charge is 0.325 e. The van der Waals surface area contributed by atoms with Gasteiger partial charge in [0.2, 0.25) is 0 Å². The summed E-state index contributed by atoms with van der Waals surface area (Å²) in [5.74, 6) is -1.03. The fourth-order valence-corrected chi connectivity index (χ4v) is 1.40. The van der Waals surface area contributed by atoms with Gasteiger partial charge < -0.3 is 15.7 Å². The van der Waals surface area contributed by atoms with Gasteiger partial charge in [-0.05, 0) is 33.1 Å². The molecule has 0 saturated heterocycles. The second kappa shape index (κ2) is 3.86. The van der Waals surface area contributed by atoms with Crippen molar-refractivity contribution in [1.29, 1.82) is 0 Å². The fourth-order valence-electron chi connectivity index (χ4n) is 1.40. The van der Waals surface area contributed by atoms with E-state index in [2.05, 4.69) is 10.6 Å². The van der Waals surface area contributed by atoms with Crippen LogP contribution in [0.2, 0.25) is 0 Å². The molecule has 1 atom stereocenters. The molecule has 0 aromatic rings. The Morgan fingerprint density at radius 1 is 1.43 bits per heavy atom. The number of carboxylic acids is 1. The van der Waals surface area contributed by atoms with Crippen LogP contribution in [0.15, 0.2) is 0 Å². The highest BCUT2D eigenvalue weighted by Crippen LogP contribution is 2.30. The molecular weight excluding hydrogens is 184 g/mol. The van der Waals surface area contributed by atoms with E-state index in [-0.39, 0.29) is 5.54 Å². The van der Waals surface area contributed by atoms with Crippen molar-refractivity contribution >= 4 is 12.0 Å². The van der Waals surface area contributed by atoms with Crippen LogP contribution in [0.3, 0.4) is 0 Å². The topological polar surface area (TPSA) is 78.4 Å². The van der Waals surface area contributed by atoms with Crippen LogP contribution in [-0.4, -0.2) is 28.7 Å². The van der Waals surface area contributed by atoms with Gasteiger partial charge in [-0.15, -0.1) is 0 Å². The van der Waals surface area contributed by atoms with Gasteiger partial charge in [-0.1, -0.05) is 0 Å². The monoisotopic (exact) mass is 200 g/mol. The van der Waals surface area contributed by atoms with E-state index in [0.29, 0.717) is 0 Å². The Hall–Kier alpha value is -1.26. The molecule has 0 aliphatic heterocycles. The summed E-state index contributed by atoms with van der Waals surface area (Å²) in [5.41, 5.74) is -0.137. The minimum Gasteiger partial charge on any atom is -0.480 e. The predicted octanol–water partition coefficient (Wildman–Crippen LogP) is 0.701. The van der Waals surface area contributed by atoms with Crippen LogP contribution < -0.4 is 10.6 Å². The van der Waals surface area contributed by atoms with Crippen LogP contribution in [0.1, 0.15) is 33.1 Å². The summed E-state index contributed by atoms with van der Waals surface area (Å²) < 4.78 is 0. The summed E-state index contributed by atoms with van der Waals surface area (Å²) in [6.45, 7) is 3.40. The van der Waals surface area contributed by atoms with Crippen LogP contribution in [0.5, 0.6) is 0 Å². The molecule has 0 radical (unpaired) electrons. The SMILES string of the molecule is C[C@@H](NC(=O)NC1(C)CCC1)C(=O)O. The minimum atomic E-state index is -1.03. The molecule has 0 aromatic carbocycles. The van der Waals surface area contributed by atoms with Gasteiger partial charge in [-0.3, -0.25) is 4.79 Å². The second-order valence-electron chi connectivity index (χ2n) is 4.07. The molecule has 0 aromatic heterocycles. The summed E-state index contributed by atoms with van der Waals surface area (Å²) >= 11 is 0. The third kappa shape index (κ3) is 2.61. The fraction of sp³-hybridized carbons (Fsp3) is 0.778. The normalized spacial score (nSPS) is 20.4. The van der Waals surface area contributed by atoms with Crippen LogP contribution in [-0.2, 0) is 4.79 Å². The van der Waals surface area contributed by atoms with Crippen molar-refractivity contribution in [3.63, 3.8) is 0 Å². The van der Waals surface area contributed by atoms with Crippen molar-refractivity contribution in [3.8, 4) is 0 Å². The average molecular weight is 200 g/mol. The summed E-state index contributed by atoms with van der Waals surface area (Å²) in [4.78, 5) is 21.7. The van der Waals surface area contributed by atoms with E-state index in [4.69, 9.17) is 5.11 Å². The van der Waals surface area contributed by atoms with Crippen LogP contribution >= 0.6 is 0 Å². The molecule has 2 amide bonds. The third-order valence-electron chi connectivity index (χ3n) is 2.59. The number of aliphatic carboxylic acids is 1. The summed E-state index contributed by atoms with van der Waals surface area (Å²) in [6, 6.07) is -1.25. The quantitative estimate of drug-likeness (QED) is 0.627. The number of carbonyl (C=O) groups excluding carboxylic acids is 1. The van der Waals surface area contributed by atoms with E-state index in [1.54, 1.807) is 0 Å². The highest BCUT2D eigenvalue weighted by Gasteiger charge is 2.33. The molecule has 3 N–H and O–H groups in total. The van der Waals surface area contributed by atoms with E-state index in [9.17, 15) is 9.59 Å². The van der Waals surface area contributed by atoms with E-state index in [0.717, 1.165) is 19.3 Å². The number of urea groups is 1. The predicted molar refractivity (Wildman–Crippen MR) is 51.0 cm³/mol. The number of carbonyl (C=O) groups is 2. The Labute approximate surface area is 82.9 Å². The molecule has 1 rings (SSSR count).